The zero-order chi connectivity index (χ0) is 13.4. The molecule has 1 aromatic carbocycles. The second-order valence-corrected chi connectivity index (χ2v) is 5.58. The fourth-order valence-electron chi connectivity index (χ4n) is 2.29. The van der Waals surface area contributed by atoms with Crippen LogP contribution in [0.4, 0.5) is 5.82 Å². The van der Waals surface area contributed by atoms with Crippen molar-refractivity contribution in [2.24, 2.45) is 0 Å². The van der Waals surface area contributed by atoms with Crippen molar-refractivity contribution in [1.29, 1.82) is 0 Å². The molecule has 1 saturated carbocycles. The number of carboxylic acid groups (broad SMARTS) is 1. The minimum absolute atomic E-state index is 0.00327. The standard InChI is InChI=1S/C14H13BrN2O2/c15-12-3-1-2-11-10(12)6-7-16-14(11)17(8-13(18)19)9-4-5-9/h1-3,6-7,9H,4-5,8H2,(H,18,19). The summed E-state index contributed by atoms with van der Waals surface area (Å²) in [6.07, 6.45) is 3.82. The normalized spacial score (nSPS) is 14.6. The van der Waals surface area contributed by atoms with E-state index in [0.29, 0.717) is 6.04 Å². The van der Waals surface area contributed by atoms with Crippen LogP contribution in [0.1, 0.15) is 12.8 Å². The summed E-state index contributed by atoms with van der Waals surface area (Å²) in [6, 6.07) is 8.16. The number of aromatic nitrogens is 1. The molecular weight excluding hydrogens is 308 g/mol. The molecule has 0 atom stereocenters. The highest BCUT2D eigenvalue weighted by atomic mass is 79.9. The van der Waals surface area contributed by atoms with Crippen LogP contribution in [-0.4, -0.2) is 28.6 Å². The van der Waals surface area contributed by atoms with Crippen molar-refractivity contribution in [2.75, 3.05) is 11.4 Å². The van der Waals surface area contributed by atoms with Gasteiger partial charge in [-0.25, -0.2) is 4.98 Å². The molecule has 5 heteroatoms. The molecule has 3 rings (SSSR count). The van der Waals surface area contributed by atoms with Gasteiger partial charge in [-0.2, -0.15) is 0 Å². The number of hydrogen-bond acceptors (Lipinski definition) is 3. The monoisotopic (exact) mass is 320 g/mol. The third-order valence-electron chi connectivity index (χ3n) is 3.30. The molecule has 0 unspecified atom stereocenters. The lowest BCUT2D eigenvalue weighted by Gasteiger charge is -2.23. The Balaban J connectivity index is 2.12. The van der Waals surface area contributed by atoms with Crippen molar-refractivity contribution in [1.82, 2.24) is 4.98 Å². The van der Waals surface area contributed by atoms with Gasteiger partial charge in [-0.05, 0) is 25.0 Å². The first-order valence-electron chi connectivity index (χ1n) is 6.18. The molecule has 1 fully saturated rings. The van der Waals surface area contributed by atoms with Crippen LogP contribution in [0.5, 0.6) is 0 Å². The van der Waals surface area contributed by atoms with Crippen molar-refractivity contribution < 1.29 is 9.90 Å². The highest BCUT2D eigenvalue weighted by Crippen LogP contribution is 2.35. The zero-order valence-corrected chi connectivity index (χ0v) is 11.8. The first-order chi connectivity index (χ1) is 9.16. The first kappa shape index (κ1) is 12.4. The molecule has 0 bridgehead atoms. The van der Waals surface area contributed by atoms with Gasteiger partial charge in [0.1, 0.15) is 12.4 Å². The smallest absolute Gasteiger partial charge is 0.323 e. The summed E-state index contributed by atoms with van der Waals surface area (Å²) in [5, 5.41) is 11.1. The third kappa shape index (κ3) is 2.42. The third-order valence-corrected chi connectivity index (χ3v) is 3.99. The maximum Gasteiger partial charge on any atom is 0.323 e. The van der Waals surface area contributed by atoms with E-state index in [0.717, 1.165) is 33.9 Å². The van der Waals surface area contributed by atoms with Crippen LogP contribution >= 0.6 is 15.9 Å². The molecule has 0 aliphatic heterocycles. The molecular formula is C14H13BrN2O2. The number of aliphatic carboxylic acids is 1. The van der Waals surface area contributed by atoms with Crippen LogP contribution < -0.4 is 4.90 Å². The highest BCUT2D eigenvalue weighted by Gasteiger charge is 2.32. The number of hydrogen-bond donors (Lipinski definition) is 1. The van der Waals surface area contributed by atoms with Gasteiger partial charge in [0, 0.05) is 27.5 Å². The van der Waals surface area contributed by atoms with Gasteiger partial charge in [-0.3, -0.25) is 4.79 Å². The van der Waals surface area contributed by atoms with Crippen molar-refractivity contribution in [2.45, 2.75) is 18.9 Å². The van der Waals surface area contributed by atoms with Crippen LogP contribution in [0.2, 0.25) is 0 Å². The van der Waals surface area contributed by atoms with E-state index in [-0.39, 0.29) is 6.54 Å². The number of anilines is 1. The lowest BCUT2D eigenvalue weighted by atomic mass is 10.1. The predicted molar refractivity (Wildman–Crippen MR) is 77.4 cm³/mol. The van der Waals surface area contributed by atoms with E-state index in [1.165, 1.54) is 0 Å². The lowest BCUT2D eigenvalue weighted by Crippen LogP contribution is -2.32. The Morgan fingerprint density at radius 3 is 2.84 bits per heavy atom. The Morgan fingerprint density at radius 2 is 2.16 bits per heavy atom. The largest absolute Gasteiger partial charge is 0.480 e. The van der Waals surface area contributed by atoms with Crippen molar-refractivity contribution >= 4 is 38.5 Å². The van der Waals surface area contributed by atoms with Gasteiger partial charge >= 0.3 is 5.97 Å². The quantitative estimate of drug-likeness (QED) is 0.940. The number of benzene rings is 1. The second-order valence-electron chi connectivity index (χ2n) is 4.72. The number of carbonyl (C=O) groups is 1. The van der Waals surface area contributed by atoms with Crippen LogP contribution in [0.25, 0.3) is 10.8 Å². The SMILES string of the molecule is O=C(O)CN(c1nccc2c(Br)cccc12)C1CC1. The molecule has 4 nitrogen and oxygen atoms in total. The number of halogens is 1. The summed E-state index contributed by atoms with van der Waals surface area (Å²) in [4.78, 5) is 17.3. The Morgan fingerprint density at radius 1 is 1.37 bits per heavy atom. The molecule has 1 heterocycles. The van der Waals surface area contributed by atoms with E-state index in [1.54, 1.807) is 6.20 Å². The second kappa shape index (κ2) is 4.81. The van der Waals surface area contributed by atoms with Gasteiger partial charge in [0.25, 0.3) is 0 Å². The fourth-order valence-corrected chi connectivity index (χ4v) is 2.79. The first-order valence-corrected chi connectivity index (χ1v) is 6.98. The van der Waals surface area contributed by atoms with E-state index in [1.807, 2.05) is 29.2 Å². The summed E-state index contributed by atoms with van der Waals surface area (Å²) in [5.74, 6) is -0.0515. The molecule has 1 N–H and O–H groups in total. The molecule has 2 aromatic rings. The molecule has 1 aromatic heterocycles. The number of carboxylic acids is 1. The van der Waals surface area contributed by atoms with E-state index in [4.69, 9.17) is 5.11 Å². The predicted octanol–water partition coefficient (Wildman–Crippen LogP) is 3.05. The topological polar surface area (TPSA) is 53.4 Å². The summed E-state index contributed by atoms with van der Waals surface area (Å²) >= 11 is 3.52. The summed E-state index contributed by atoms with van der Waals surface area (Å²) in [5.41, 5.74) is 0. The minimum atomic E-state index is -0.819. The molecule has 98 valence electrons. The van der Waals surface area contributed by atoms with Crippen LogP contribution in [0.15, 0.2) is 34.9 Å². The molecule has 1 aliphatic rings. The number of rotatable bonds is 4. The van der Waals surface area contributed by atoms with E-state index in [9.17, 15) is 4.79 Å². The van der Waals surface area contributed by atoms with E-state index >= 15 is 0 Å². The van der Waals surface area contributed by atoms with Crippen LogP contribution in [0, 0.1) is 0 Å². The zero-order valence-electron chi connectivity index (χ0n) is 10.2. The Labute approximate surface area is 119 Å². The molecule has 19 heavy (non-hydrogen) atoms. The van der Waals surface area contributed by atoms with Crippen LogP contribution in [0.3, 0.4) is 0 Å². The van der Waals surface area contributed by atoms with Gasteiger partial charge in [-0.15, -0.1) is 0 Å². The van der Waals surface area contributed by atoms with E-state index in [2.05, 4.69) is 20.9 Å². The average Bonchev–Trinajstić information content (AvgIpc) is 3.20. The molecule has 0 radical (unpaired) electrons. The summed E-state index contributed by atoms with van der Waals surface area (Å²) in [7, 11) is 0. The van der Waals surface area contributed by atoms with Crippen molar-refractivity contribution in [3.05, 3.63) is 34.9 Å². The molecule has 0 amide bonds. The Bertz CT molecular complexity index is 640. The van der Waals surface area contributed by atoms with Gasteiger partial charge in [0.2, 0.25) is 0 Å². The molecule has 1 aliphatic carbocycles. The van der Waals surface area contributed by atoms with Crippen LogP contribution in [-0.2, 0) is 4.79 Å². The maximum absolute atomic E-state index is 11.0. The lowest BCUT2D eigenvalue weighted by molar-refractivity contribution is -0.135. The molecule has 0 spiro atoms. The van der Waals surface area contributed by atoms with E-state index < -0.39 is 5.97 Å². The van der Waals surface area contributed by atoms with Gasteiger partial charge < -0.3 is 10.0 Å². The summed E-state index contributed by atoms with van der Waals surface area (Å²) < 4.78 is 1.000. The maximum atomic E-state index is 11.0. The van der Waals surface area contributed by atoms with Crippen molar-refractivity contribution in [3.63, 3.8) is 0 Å². The number of fused-ring (bicyclic) bond motifs is 1. The minimum Gasteiger partial charge on any atom is -0.480 e. The van der Waals surface area contributed by atoms with Gasteiger partial charge in [0.05, 0.1) is 0 Å². The highest BCUT2D eigenvalue weighted by molar-refractivity contribution is 9.10. The summed E-state index contributed by atoms with van der Waals surface area (Å²) in [6.45, 7) is 0.00327. The average molecular weight is 321 g/mol. The van der Waals surface area contributed by atoms with Gasteiger partial charge in [0.15, 0.2) is 0 Å². The number of nitrogens with zero attached hydrogens (tertiary/aromatic N) is 2. The van der Waals surface area contributed by atoms with Crippen molar-refractivity contribution in [3.8, 4) is 0 Å². The Kier molecular flexibility index (Phi) is 3.14. The Hall–Kier alpha value is -1.62. The fraction of sp³-hybridized carbons (Fsp3) is 0.286. The molecule has 0 saturated heterocycles. The van der Waals surface area contributed by atoms with Gasteiger partial charge in [-0.1, -0.05) is 28.1 Å². The number of pyridine rings is 1.